The van der Waals surface area contributed by atoms with Crippen LogP contribution in [0, 0.1) is 0 Å². The maximum absolute atomic E-state index is 11.0. The van der Waals surface area contributed by atoms with Crippen LogP contribution in [-0.2, 0) is 9.59 Å². The van der Waals surface area contributed by atoms with Crippen LogP contribution in [0.4, 0.5) is 4.79 Å². The van der Waals surface area contributed by atoms with Gasteiger partial charge in [-0.2, -0.15) is 0 Å². The third kappa shape index (κ3) is 1.61. The summed E-state index contributed by atoms with van der Waals surface area (Å²) in [5.41, 5.74) is 0. The Balaban J connectivity index is 2.62. The molecule has 1 fully saturated rings. The molecule has 1 rings (SSSR count). The van der Waals surface area contributed by atoms with Crippen LogP contribution < -0.4 is 5.32 Å². The number of carbonyl (C=O) groups excluding carboxylic acids is 3. The first-order valence-corrected chi connectivity index (χ1v) is 3.79. The molecule has 0 spiro atoms. The summed E-state index contributed by atoms with van der Waals surface area (Å²) in [5.74, 6) is -0.569. The predicted molar refractivity (Wildman–Crippen MR) is 40.2 cm³/mol. The van der Waals surface area contributed by atoms with Gasteiger partial charge >= 0.3 is 6.03 Å². The third-order valence-electron chi connectivity index (χ3n) is 1.66. The zero-order valence-electron chi connectivity index (χ0n) is 6.79. The minimum atomic E-state index is -0.599. The van der Waals surface area contributed by atoms with Crippen molar-refractivity contribution in [2.45, 2.75) is 19.8 Å². The van der Waals surface area contributed by atoms with E-state index in [9.17, 15) is 14.4 Å². The van der Waals surface area contributed by atoms with Gasteiger partial charge in [0.25, 0.3) is 0 Å². The van der Waals surface area contributed by atoms with Gasteiger partial charge in [-0.1, -0.05) is 6.92 Å². The quantitative estimate of drug-likeness (QED) is 0.595. The lowest BCUT2D eigenvalue weighted by Gasteiger charge is -2.23. The van der Waals surface area contributed by atoms with E-state index in [1.807, 2.05) is 0 Å². The van der Waals surface area contributed by atoms with Crippen LogP contribution in [0.3, 0.4) is 0 Å². The SMILES string of the molecule is CCC(=O)N1CCC(=O)NC1=O. The molecular formula is C7H10N2O3. The molecule has 0 radical (unpaired) electrons. The summed E-state index contributed by atoms with van der Waals surface area (Å²) in [5, 5.41) is 2.07. The summed E-state index contributed by atoms with van der Waals surface area (Å²) < 4.78 is 0. The highest BCUT2D eigenvalue weighted by Crippen LogP contribution is 2.02. The lowest BCUT2D eigenvalue weighted by molar-refractivity contribution is -0.130. The van der Waals surface area contributed by atoms with Gasteiger partial charge in [0.15, 0.2) is 0 Å². The summed E-state index contributed by atoms with van der Waals surface area (Å²) in [6.45, 7) is 1.88. The fraction of sp³-hybridized carbons (Fsp3) is 0.571. The van der Waals surface area contributed by atoms with E-state index >= 15 is 0 Å². The molecule has 5 heteroatoms. The van der Waals surface area contributed by atoms with E-state index in [1.54, 1.807) is 6.92 Å². The lowest BCUT2D eigenvalue weighted by Crippen LogP contribution is -2.51. The van der Waals surface area contributed by atoms with Gasteiger partial charge in [-0.3, -0.25) is 19.8 Å². The zero-order chi connectivity index (χ0) is 9.14. The number of hydrogen-bond donors (Lipinski definition) is 1. The van der Waals surface area contributed by atoms with Gasteiger partial charge in [-0.05, 0) is 0 Å². The number of rotatable bonds is 1. The Bertz CT molecular complexity index is 237. The maximum Gasteiger partial charge on any atom is 0.330 e. The number of urea groups is 1. The third-order valence-corrected chi connectivity index (χ3v) is 1.66. The van der Waals surface area contributed by atoms with E-state index in [1.165, 1.54) is 0 Å². The Hall–Kier alpha value is -1.39. The Kier molecular flexibility index (Phi) is 2.42. The first kappa shape index (κ1) is 8.70. The minimum Gasteiger partial charge on any atom is -0.278 e. The Morgan fingerprint density at radius 2 is 2.25 bits per heavy atom. The molecule has 0 bridgehead atoms. The van der Waals surface area contributed by atoms with Crippen molar-refractivity contribution in [3.63, 3.8) is 0 Å². The molecule has 0 atom stereocenters. The first-order valence-electron chi connectivity index (χ1n) is 3.79. The van der Waals surface area contributed by atoms with Crippen molar-refractivity contribution < 1.29 is 14.4 Å². The second-order valence-electron chi connectivity index (χ2n) is 2.50. The number of carbonyl (C=O) groups is 3. The van der Waals surface area contributed by atoms with Crippen LogP contribution in [0.1, 0.15) is 19.8 Å². The second kappa shape index (κ2) is 3.34. The van der Waals surface area contributed by atoms with E-state index < -0.39 is 6.03 Å². The highest BCUT2D eigenvalue weighted by molar-refractivity contribution is 6.04. The van der Waals surface area contributed by atoms with Crippen molar-refractivity contribution in [2.75, 3.05) is 6.54 Å². The monoisotopic (exact) mass is 170 g/mol. The van der Waals surface area contributed by atoms with Crippen LogP contribution in [0.25, 0.3) is 0 Å². The summed E-state index contributed by atoms with van der Waals surface area (Å²) in [7, 11) is 0. The highest BCUT2D eigenvalue weighted by Gasteiger charge is 2.26. The van der Waals surface area contributed by atoms with Crippen LogP contribution in [0.15, 0.2) is 0 Å². The van der Waals surface area contributed by atoms with Crippen LogP contribution >= 0.6 is 0 Å². The van der Waals surface area contributed by atoms with Gasteiger partial charge in [0, 0.05) is 19.4 Å². The molecule has 5 nitrogen and oxygen atoms in total. The van der Waals surface area contributed by atoms with E-state index in [4.69, 9.17) is 0 Å². The first-order chi connectivity index (χ1) is 5.65. The number of amides is 4. The van der Waals surface area contributed by atoms with Crippen molar-refractivity contribution in [3.05, 3.63) is 0 Å². The van der Waals surface area contributed by atoms with E-state index in [0.717, 1.165) is 4.90 Å². The number of nitrogens with zero attached hydrogens (tertiary/aromatic N) is 1. The predicted octanol–water partition coefficient (Wildman–Crippen LogP) is -0.135. The van der Waals surface area contributed by atoms with E-state index in [2.05, 4.69) is 5.32 Å². The molecule has 0 saturated carbocycles. The van der Waals surface area contributed by atoms with Gasteiger partial charge in [0.1, 0.15) is 0 Å². The fourth-order valence-corrected chi connectivity index (χ4v) is 0.993. The summed E-state index contributed by atoms with van der Waals surface area (Å²) in [4.78, 5) is 33.7. The maximum atomic E-state index is 11.0. The molecular weight excluding hydrogens is 160 g/mol. The number of hydrogen-bond acceptors (Lipinski definition) is 3. The molecule has 0 aromatic rings. The van der Waals surface area contributed by atoms with Gasteiger partial charge in [0.2, 0.25) is 11.8 Å². The molecule has 1 saturated heterocycles. The molecule has 0 unspecified atom stereocenters. The largest absolute Gasteiger partial charge is 0.330 e. The smallest absolute Gasteiger partial charge is 0.278 e. The molecule has 4 amide bonds. The van der Waals surface area contributed by atoms with Gasteiger partial charge in [-0.25, -0.2) is 4.79 Å². The molecule has 1 heterocycles. The topological polar surface area (TPSA) is 66.5 Å². The van der Waals surface area contributed by atoms with Crippen molar-refractivity contribution in [3.8, 4) is 0 Å². The van der Waals surface area contributed by atoms with Gasteiger partial charge < -0.3 is 0 Å². The second-order valence-corrected chi connectivity index (χ2v) is 2.50. The van der Waals surface area contributed by atoms with E-state index in [0.29, 0.717) is 0 Å². The van der Waals surface area contributed by atoms with Crippen molar-refractivity contribution in [1.29, 1.82) is 0 Å². The Morgan fingerprint density at radius 1 is 1.58 bits per heavy atom. The molecule has 0 aliphatic carbocycles. The van der Waals surface area contributed by atoms with Gasteiger partial charge in [0.05, 0.1) is 0 Å². The van der Waals surface area contributed by atoms with Crippen LogP contribution in [0.5, 0.6) is 0 Å². The minimum absolute atomic E-state index is 0.206. The molecule has 1 N–H and O–H groups in total. The summed E-state index contributed by atoms with van der Waals surface area (Å²) in [6, 6.07) is -0.599. The number of imide groups is 2. The standard InChI is InChI=1S/C7H10N2O3/c1-2-6(11)9-4-3-5(10)8-7(9)12/h2-4H2,1H3,(H,8,10,12). The van der Waals surface area contributed by atoms with Crippen molar-refractivity contribution >= 4 is 17.8 Å². The lowest BCUT2D eigenvalue weighted by atomic mass is 10.3. The molecule has 0 aromatic heterocycles. The van der Waals surface area contributed by atoms with Crippen molar-refractivity contribution in [2.24, 2.45) is 0 Å². The summed E-state index contributed by atoms with van der Waals surface area (Å²) in [6.07, 6.45) is 0.485. The molecule has 1 aliphatic rings. The van der Waals surface area contributed by atoms with Crippen LogP contribution in [-0.4, -0.2) is 29.3 Å². The highest BCUT2D eigenvalue weighted by atomic mass is 16.2. The van der Waals surface area contributed by atoms with Gasteiger partial charge in [-0.15, -0.1) is 0 Å². The van der Waals surface area contributed by atoms with Crippen LogP contribution in [0.2, 0.25) is 0 Å². The Labute approximate surface area is 69.7 Å². The number of nitrogens with one attached hydrogen (secondary N) is 1. The summed E-state index contributed by atoms with van der Waals surface area (Å²) >= 11 is 0. The Morgan fingerprint density at radius 3 is 2.75 bits per heavy atom. The molecule has 1 aliphatic heterocycles. The van der Waals surface area contributed by atoms with Crippen molar-refractivity contribution in [1.82, 2.24) is 10.2 Å². The normalized spacial score (nSPS) is 17.6. The fourth-order valence-electron chi connectivity index (χ4n) is 0.993. The zero-order valence-corrected chi connectivity index (χ0v) is 6.79. The van der Waals surface area contributed by atoms with E-state index in [-0.39, 0.29) is 31.2 Å². The molecule has 66 valence electrons. The average molecular weight is 170 g/mol. The average Bonchev–Trinajstić information content (AvgIpc) is 2.03. The molecule has 0 aromatic carbocycles. The molecule has 12 heavy (non-hydrogen) atoms.